The third kappa shape index (κ3) is 2.44. The van der Waals surface area contributed by atoms with Crippen molar-refractivity contribution in [3.8, 4) is 0 Å². The number of aromatic amines is 2. The number of aromatic nitrogens is 4. The summed E-state index contributed by atoms with van der Waals surface area (Å²) in [5, 5.41) is 0. The zero-order valence-electron chi connectivity index (χ0n) is 12.7. The largest absolute Gasteiger partial charge is 0.355 e. The van der Waals surface area contributed by atoms with Crippen molar-refractivity contribution >= 4 is 46.4 Å². The van der Waals surface area contributed by atoms with E-state index in [0.29, 0.717) is 0 Å². The molecule has 0 atom stereocenters. The Bertz CT molecular complexity index is 984. The maximum atomic E-state index is 4.62. The van der Waals surface area contributed by atoms with E-state index in [1.807, 2.05) is 66.8 Å². The molecule has 2 N–H and O–H groups in total. The first-order valence-corrected chi connectivity index (χ1v) is 7.77. The van der Waals surface area contributed by atoms with Crippen LogP contribution in [0.15, 0.2) is 42.5 Å². The zero-order chi connectivity index (χ0) is 15.9. The fraction of sp³-hybridized carbons (Fsp3) is 0. The lowest BCUT2D eigenvalue weighted by molar-refractivity contribution is 1.31. The van der Waals surface area contributed by atoms with Gasteiger partial charge in [-0.1, -0.05) is 0 Å². The zero-order valence-corrected chi connectivity index (χ0v) is 12.7. The van der Waals surface area contributed by atoms with Crippen LogP contribution >= 0.6 is 0 Å². The molecule has 0 saturated carbocycles. The van der Waals surface area contributed by atoms with Crippen molar-refractivity contribution in [2.45, 2.75) is 0 Å². The van der Waals surface area contributed by atoms with Crippen molar-refractivity contribution in [2.24, 2.45) is 0 Å². The molecule has 5 heterocycles. The average Bonchev–Trinajstić information content (AvgIpc) is 3.32. The molecule has 3 aromatic heterocycles. The molecular formula is C20H13N4. The van der Waals surface area contributed by atoms with Crippen molar-refractivity contribution in [3.63, 3.8) is 0 Å². The molecule has 0 saturated heterocycles. The first kappa shape index (κ1) is 13.1. The Morgan fingerprint density at radius 2 is 1.21 bits per heavy atom. The van der Waals surface area contributed by atoms with E-state index in [0.717, 1.165) is 44.8 Å². The topological polar surface area (TPSA) is 57.4 Å². The minimum absolute atomic E-state index is 0.814. The minimum atomic E-state index is 0.814. The van der Waals surface area contributed by atoms with Crippen LogP contribution in [0, 0.1) is 6.07 Å². The fourth-order valence-corrected chi connectivity index (χ4v) is 2.87. The molecule has 24 heavy (non-hydrogen) atoms. The van der Waals surface area contributed by atoms with Crippen LogP contribution in [-0.2, 0) is 0 Å². The van der Waals surface area contributed by atoms with Gasteiger partial charge in [0.25, 0.3) is 0 Å². The van der Waals surface area contributed by atoms with Gasteiger partial charge in [-0.2, -0.15) is 0 Å². The maximum Gasteiger partial charge on any atom is 0.0738 e. The number of hydrogen-bond donors (Lipinski definition) is 2. The number of nitrogens with one attached hydrogen (secondary N) is 2. The molecular weight excluding hydrogens is 296 g/mol. The van der Waals surface area contributed by atoms with Gasteiger partial charge in [0.1, 0.15) is 0 Å². The van der Waals surface area contributed by atoms with Gasteiger partial charge >= 0.3 is 0 Å². The van der Waals surface area contributed by atoms with Crippen LogP contribution in [0.3, 0.4) is 0 Å². The minimum Gasteiger partial charge on any atom is -0.355 e. The second-order valence-electron chi connectivity index (χ2n) is 5.80. The SMILES string of the molecule is [c]1c2nc(cc3ccc(cc4nc(cc5ccc1[nH]5)C=C4)[nH]3)C=C2. The first-order chi connectivity index (χ1) is 11.8. The molecule has 0 amide bonds. The predicted octanol–water partition coefficient (Wildman–Crippen LogP) is 4.46. The van der Waals surface area contributed by atoms with Gasteiger partial charge < -0.3 is 9.97 Å². The number of nitrogens with zero attached hydrogens (tertiary/aromatic N) is 2. The molecule has 113 valence electrons. The van der Waals surface area contributed by atoms with E-state index in [9.17, 15) is 0 Å². The lowest BCUT2D eigenvalue weighted by Crippen LogP contribution is -1.75. The fourth-order valence-electron chi connectivity index (χ4n) is 2.87. The second-order valence-corrected chi connectivity index (χ2v) is 5.80. The molecule has 2 aliphatic rings. The van der Waals surface area contributed by atoms with Crippen molar-refractivity contribution in [3.05, 3.63) is 71.3 Å². The van der Waals surface area contributed by atoms with E-state index in [-0.39, 0.29) is 0 Å². The van der Waals surface area contributed by atoms with Crippen molar-refractivity contribution in [1.29, 1.82) is 0 Å². The molecule has 0 unspecified atom stereocenters. The van der Waals surface area contributed by atoms with E-state index in [1.165, 1.54) is 0 Å². The third-order valence-corrected chi connectivity index (χ3v) is 3.96. The standard InChI is InChI=1S/C20H13N4/c1-2-14-10-16-5-6-18(23-16)12-20-8-7-19(24-20)11-17-4-3-15(22-17)9-13(1)21-14/h1-11,21,24H. The van der Waals surface area contributed by atoms with Gasteiger partial charge in [-0.3, -0.25) is 0 Å². The Hall–Kier alpha value is -3.40. The third-order valence-electron chi connectivity index (χ3n) is 3.96. The van der Waals surface area contributed by atoms with Crippen LogP contribution in [0.2, 0.25) is 0 Å². The van der Waals surface area contributed by atoms with Crippen molar-refractivity contribution < 1.29 is 0 Å². The van der Waals surface area contributed by atoms with Gasteiger partial charge in [-0.15, -0.1) is 0 Å². The normalized spacial score (nSPS) is 12.7. The highest BCUT2D eigenvalue weighted by Crippen LogP contribution is 2.16. The molecule has 0 aromatic carbocycles. The smallest absolute Gasteiger partial charge is 0.0738 e. The molecule has 8 bridgehead atoms. The average molecular weight is 309 g/mol. The van der Waals surface area contributed by atoms with Gasteiger partial charge in [0.05, 0.1) is 22.8 Å². The van der Waals surface area contributed by atoms with Gasteiger partial charge in [0, 0.05) is 28.1 Å². The Morgan fingerprint density at radius 3 is 1.96 bits per heavy atom. The van der Waals surface area contributed by atoms with E-state index >= 15 is 0 Å². The first-order valence-electron chi connectivity index (χ1n) is 7.77. The van der Waals surface area contributed by atoms with Crippen LogP contribution < -0.4 is 0 Å². The van der Waals surface area contributed by atoms with Gasteiger partial charge in [-0.05, 0) is 66.8 Å². The molecule has 0 fully saturated rings. The summed E-state index contributed by atoms with van der Waals surface area (Å²) in [4.78, 5) is 15.9. The van der Waals surface area contributed by atoms with E-state index in [1.54, 1.807) is 0 Å². The number of rotatable bonds is 0. The van der Waals surface area contributed by atoms with E-state index < -0.39 is 0 Å². The van der Waals surface area contributed by atoms with E-state index in [4.69, 9.17) is 0 Å². The Kier molecular flexibility index (Phi) is 2.76. The summed E-state index contributed by atoms with van der Waals surface area (Å²) >= 11 is 0. The van der Waals surface area contributed by atoms with Crippen LogP contribution in [0.25, 0.3) is 46.4 Å². The van der Waals surface area contributed by atoms with Crippen LogP contribution in [-0.4, -0.2) is 19.9 Å². The molecule has 1 radical (unpaired) electrons. The van der Waals surface area contributed by atoms with Crippen LogP contribution in [0.5, 0.6) is 0 Å². The summed E-state index contributed by atoms with van der Waals surface area (Å²) in [6.07, 6.45) is 7.99. The highest BCUT2D eigenvalue weighted by Gasteiger charge is 2.01. The van der Waals surface area contributed by atoms with Crippen molar-refractivity contribution in [2.75, 3.05) is 0 Å². The number of H-pyrrole nitrogens is 2. The molecule has 5 rings (SSSR count). The summed E-state index contributed by atoms with van der Waals surface area (Å²) in [6.45, 7) is 0. The number of hydrogen-bond acceptors (Lipinski definition) is 2. The Balaban J connectivity index is 1.85. The lowest BCUT2D eigenvalue weighted by atomic mass is 10.3. The van der Waals surface area contributed by atoms with Crippen molar-refractivity contribution in [1.82, 2.24) is 19.9 Å². The molecule has 3 aromatic rings. The Morgan fingerprint density at radius 1 is 0.625 bits per heavy atom. The predicted molar refractivity (Wildman–Crippen MR) is 97.7 cm³/mol. The molecule has 4 nitrogen and oxygen atoms in total. The van der Waals surface area contributed by atoms with Crippen LogP contribution in [0.4, 0.5) is 0 Å². The summed E-state index contributed by atoms with van der Waals surface area (Å²) in [7, 11) is 0. The summed E-state index contributed by atoms with van der Waals surface area (Å²) in [5.74, 6) is 0. The molecule has 4 heteroatoms. The maximum absolute atomic E-state index is 4.62. The highest BCUT2D eigenvalue weighted by atomic mass is 14.8. The lowest BCUT2D eigenvalue weighted by Gasteiger charge is -1.85. The van der Waals surface area contributed by atoms with Crippen LogP contribution in [0.1, 0.15) is 22.8 Å². The van der Waals surface area contributed by atoms with Gasteiger partial charge in [-0.25, -0.2) is 9.97 Å². The number of fused-ring (bicyclic) bond motifs is 8. The molecule has 2 aliphatic heterocycles. The second kappa shape index (κ2) is 5.06. The summed E-state index contributed by atoms with van der Waals surface area (Å²) in [6, 6.07) is 17.5. The Labute approximate surface area is 138 Å². The van der Waals surface area contributed by atoms with Gasteiger partial charge in [0.2, 0.25) is 0 Å². The quantitative estimate of drug-likeness (QED) is 0.444. The molecule has 0 spiro atoms. The summed E-state index contributed by atoms with van der Waals surface area (Å²) < 4.78 is 0. The monoisotopic (exact) mass is 309 g/mol. The molecule has 0 aliphatic carbocycles. The summed E-state index contributed by atoms with van der Waals surface area (Å²) in [5.41, 5.74) is 7.50. The van der Waals surface area contributed by atoms with Gasteiger partial charge in [0.15, 0.2) is 0 Å². The van der Waals surface area contributed by atoms with E-state index in [2.05, 4.69) is 26.0 Å². The highest BCUT2D eigenvalue weighted by molar-refractivity contribution is 5.77.